The Morgan fingerprint density at radius 2 is 1.68 bits per heavy atom. The third-order valence-corrected chi connectivity index (χ3v) is 8.55. The molecule has 10 heteroatoms. The second-order valence-electron chi connectivity index (χ2n) is 13.7. The molecule has 0 aliphatic carbocycles. The quantitative estimate of drug-likeness (QED) is 0.564. The number of carbonyl (C=O) groups excluding carboxylic acids is 1. The molecular weight excluding hydrogens is 514 g/mol. The number of benzene rings is 1. The fourth-order valence-corrected chi connectivity index (χ4v) is 5.20. The highest BCUT2D eigenvalue weighted by Crippen LogP contribution is 2.41. The van der Waals surface area contributed by atoms with Crippen molar-refractivity contribution in [1.29, 1.82) is 0 Å². The van der Waals surface area contributed by atoms with Gasteiger partial charge >= 0.3 is 13.2 Å². The normalized spacial score (nSPS) is 23.8. The first kappa shape index (κ1) is 30.3. The highest BCUT2D eigenvalue weighted by Gasteiger charge is 2.53. The van der Waals surface area contributed by atoms with E-state index >= 15 is 0 Å². The summed E-state index contributed by atoms with van der Waals surface area (Å²) in [6.45, 7) is 17.4. The summed E-state index contributed by atoms with van der Waals surface area (Å²) < 4.78 is 34.5. The molecule has 2 fully saturated rings. The van der Waals surface area contributed by atoms with Crippen LogP contribution in [0.15, 0.2) is 41.3 Å². The molecule has 40 heavy (non-hydrogen) atoms. The van der Waals surface area contributed by atoms with Crippen LogP contribution in [0.5, 0.6) is 0 Å². The molecule has 0 radical (unpaired) electrons. The van der Waals surface area contributed by atoms with E-state index in [4.69, 9.17) is 14.0 Å². The molecule has 8 nitrogen and oxygen atoms in total. The number of halogens is 1. The number of aliphatic hydroxyl groups is 1. The van der Waals surface area contributed by atoms with Gasteiger partial charge in [0.25, 0.3) is 5.56 Å². The van der Waals surface area contributed by atoms with Crippen molar-refractivity contribution in [2.45, 2.75) is 97.7 Å². The maximum absolute atomic E-state index is 14.9. The van der Waals surface area contributed by atoms with Crippen LogP contribution in [0.25, 0.3) is 11.1 Å². The van der Waals surface area contributed by atoms with E-state index in [9.17, 15) is 19.1 Å². The Bertz CT molecular complexity index is 1330. The van der Waals surface area contributed by atoms with Gasteiger partial charge < -0.3 is 28.6 Å². The van der Waals surface area contributed by atoms with E-state index in [1.165, 1.54) is 16.7 Å². The molecule has 218 valence electrons. The number of aromatic nitrogens is 1. The molecule has 2 saturated heterocycles. The molecule has 2 aliphatic rings. The van der Waals surface area contributed by atoms with Gasteiger partial charge in [0, 0.05) is 41.8 Å². The number of ether oxygens (including phenoxy) is 1. The van der Waals surface area contributed by atoms with Crippen molar-refractivity contribution in [2.75, 3.05) is 13.1 Å². The third kappa shape index (κ3) is 5.71. The molecular formula is C30H42BFN2O6. The van der Waals surface area contributed by atoms with Gasteiger partial charge in [-0.3, -0.25) is 4.79 Å². The minimum atomic E-state index is -1.32. The van der Waals surface area contributed by atoms with Gasteiger partial charge in [-0.1, -0.05) is 32.0 Å². The van der Waals surface area contributed by atoms with Gasteiger partial charge in [-0.05, 0) is 66.5 Å². The zero-order valence-electron chi connectivity index (χ0n) is 25.1. The van der Waals surface area contributed by atoms with Crippen LogP contribution in [0, 0.1) is 11.2 Å². The molecule has 0 bridgehead atoms. The second-order valence-corrected chi connectivity index (χ2v) is 13.7. The van der Waals surface area contributed by atoms with E-state index in [0.29, 0.717) is 11.0 Å². The summed E-state index contributed by atoms with van der Waals surface area (Å²) >= 11 is 0. The standard InChI is InChI=1S/C30H42BFN2O6/c1-26(2,3)38-25(36)33-15-14-30(37,27(4,5)18-33)19-34-17-22(31-39-28(6,7)29(8,9)40-31)21(16-24(34)35)20-12-10-11-13-23(20)32/h10-13,16-17,37H,14-15,18-19H2,1-9H3. The monoisotopic (exact) mass is 556 g/mol. The molecule has 1 aromatic heterocycles. The number of carbonyl (C=O) groups is 1. The molecule has 1 amide bonds. The first-order valence-electron chi connectivity index (χ1n) is 13.8. The minimum Gasteiger partial charge on any atom is -0.444 e. The lowest BCUT2D eigenvalue weighted by molar-refractivity contribution is -0.126. The van der Waals surface area contributed by atoms with Crippen molar-refractivity contribution >= 4 is 18.7 Å². The summed E-state index contributed by atoms with van der Waals surface area (Å²) in [6.07, 6.45) is 1.42. The molecule has 1 N–H and O–H groups in total. The first-order chi connectivity index (χ1) is 18.3. The van der Waals surface area contributed by atoms with Crippen molar-refractivity contribution in [1.82, 2.24) is 9.47 Å². The van der Waals surface area contributed by atoms with E-state index in [1.54, 1.807) is 29.3 Å². The van der Waals surface area contributed by atoms with Crippen LogP contribution in [0.1, 0.15) is 68.7 Å². The molecule has 2 aliphatic heterocycles. The SMILES string of the molecule is CC(C)(C)OC(=O)N1CCC(O)(Cn2cc(B3OC(C)(C)C(C)(C)O3)c(-c3ccccc3F)cc2=O)C(C)(C)C1. The number of piperidine rings is 1. The predicted octanol–water partition coefficient (Wildman–Crippen LogP) is 4.35. The average Bonchev–Trinajstić information content (AvgIpc) is 3.02. The van der Waals surface area contributed by atoms with Gasteiger partial charge in [-0.15, -0.1) is 0 Å². The Balaban J connectivity index is 1.71. The van der Waals surface area contributed by atoms with Crippen molar-refractivity contribution in [2.24, 2.45) is 5.41 Å². The molecule has 4 rings (SSSR count). The Kier molecular flexibility index (Phi) is 7.57. The van der Waals surface area contributed by atoms with E-state index in [2.05, 4.69) is 0 Å². The van der Waals surface area contributed by atoms with E-state index in [0.717, 1.165) is 0 Å². The number of amides is 1. The Morgan fingerprint density at radius 3 is 2.23 bits per heavy atom. The Hall–Kier alpha value is -2.69. The van der Waals surface area contributed by atoms with Crippen LogP contribution in [0.3, 0.4) is 0 Å². The Labute approximate surface area is 236 Å². The fourth-order valence-electron chi connectivity index (χ4n) is 5.20. The Morgan fingerprint density at radius 1 is 1.07 bits per heavy atom. The van der Waals surface area contributed by atoms with Crippen molar-refractivity contribution in [3.05, 3.63) is 52.7 Å². The first-order valence-corrected chi connectivity index (χ1v) is 13.8. The lowest BCUT2D eigenvalue weighted by atomic mass is 9.69. The van der Waals surface area contributed by atoms with E-state index < -0.39 is 52.4 Å². The molecule has 0 spiro atoms. The van der Waals surface area contributed by atoms with Gasteiger partial charge in [0.05, 0.1) is 23.3 Å². The summed E-state index contributed by atoms with van der Waals surface area (Å²) in [4.78, 5) is 27.8. The van der Waals surface area contributed by atoms with Crippen LogP contribution in [-0.2, 0) is 20.6 Å². The smallest absolute Gasteiger partial charge is 0.444 e. The second kappa shape index (κ2) is 9.99. The van der Waals surface area contributed by atoms with E-state index in [-0.39, 0.29) is 31.6 Å². The summed E-state index contributed by atoms with van der Waals surface area (Å²) in [6, 6.07) is 7.65. The van der Waals surface area contributed by atoms with Crippen LogP contribution < -0.4 is 11.0 Å². The van der Waals surface area contributed by atoms with Gasteiger partial charge in [0.1, 0.15) is 11.4 Å². The maximum Gasteiger partial charge on any atom is 0.496 e. The van der Waals surface area contributed by atoms with Crippen molar-refractivity contribution in [3.63, 3.8) is 0 Å². The van der Waals surface area contributed by atoms with Crippen molar-refractivity contribution in [3.8, 4) is 11.1 Å². The summed E-state index contributed by atoms with van der Waals surface area (Å²) in [5.41, 5.74) is -3.28. The molecule has 1 unspecified atom stereocenters. The number of hydrogen-bond donors (Lipinski definition) is 1. The lowest BCUT2D eigenvalue weighted by Gasteiger charge is -2.50. The molecule has 3 heterocycles. The van der Waals surface area contributed by atoms with Crippen LogP contribution in [0.2, 0.25) is 0 Å². The highest BCUT2D eigenvalue weighted by molar-refractivity contribution is 6.63. The third-order valence-electron chi connectivity index (χ3n) is 8.55. The predicted molar refractivity (Wildman–Crippen MR) is 153 cm³/mol. The van der Waals surface area contributed by atoms with Gasteiger partial charge in [-0.25, -0.2) is 9.18 Å². The molecule has 0 saturated carbocycles. The number of nitrogens with zero attached hydrogens (tertiary/aromatic N) is 2. The zero-order chi connectivity index (χ0) is 29.9. The molecule has 1 atom stereocenters. The fraction of sp³-hybridized carbons (Fsp3) is 0.600. The van der Waals surface area contributed by atoms with Crippen LogP contribution in [0.4, 0.5) is 9.18 Å². The van der Waals surface area contributed by atoms with E-state index in [1.807, 2.05) is 62.3 Å². The summed E-state index contributed by atoms with van der Waals surface area (Å²) in [7, 11) is -0.858. The van der Waals surface area contributed by atoms with Gasteiger partial charge in [0.2, 0.25) is 0 Å². The van der Waals surface area contributed by atoms with Crippen LogP contribution >= 0.6 is 0 Å². The molecule has 1 aromatic carbocycles. The lowest BCUT2D eigenvalue weighted by Crippen LogP contribution is -2.61. The van der Waals surface area contributed by atoms with Crippen LogP contribution in [-0.4, -0.2) is 63.3 Å². The summed E-state index contributed by atoms with van der Waals surface area (Å²) in [5, 5.41) is 11.9. The minimum absolute atomic E-state index is 0.0228. The van der Waals surface area contributed by atoms with Gasteiger partial charge in [0.15, 0.2) is 0 Å². The number of hydrogen-bond acceptors (Lipinski definition) is 6. The highest BCUT2D eigenvalue weighted by atomic mass is 19.1. The van der Waals surface area contributed by atoms with Crippen molar-refractivity contribution < 1.29 is 28.3 Å². The topological polar surface area (TPSA) is 90.2 Å². The molecule has 2 aromatic rings. The number of pyridine rings is 1. The summed E-state index contributed by atoms with van der Waals surface area (Å²) in [5.74, 6) is -0.466. The average molecular weight is 556 g/mol. The number of rotatable bonds is 4. The van der Waals surface area contributed by atoms with Gasteiger partial charge in [-0.2, -0.15) is 0 Å². The maximum atomic E-state index is 14.9. The largest absolute Gasteiger partial charge is 0.496 e. The number of likely N-dealkylation sites (tertiary alicyclic amines) is 1. The zero-order valence-corrected chi connectivity index (χ0v) is 25.1.